The van der Waals surface area contributed by atoms with Crippen LogP contribution in [0.1, 0.15) is 10.4 Å². The van der Waals surface area contributed by atoms with Gasteiger partial charge in [-0.25, -0.2) is 9.78 Å². The van der Waals surface area contributed by atoms with Gasteiger partial charge in [0.25, 0.3) is 5.56 Å². The third-order valence-corrected chi connectivity index (χ3v) is 4.07. The molecule has 2 aromatic carbocycles. The van der Waals surface area contributed by atoms with Gasteiger partial charge in [-0.3, -0.25) is 4.79 Å². The van der Waals surface area contributed by atoms with Gasteiger partial charge in [-0.05, 0) is 29.8 Å². The van der Waals surface area contributed by atoms with Crippen LogP contribution >= 0.6 is 0 Å². The molecule has 0 unspecified atom stereocenters. The summed E-state index contributed by atoms with van der Waals surface area (Å²) >= 11 is 0. The molecule has 0 radical (unpaired) electrons. The second-order valence-electron chi connectivity index (χ2n) is 5.56. The lowest BCUT2D eigenvalue weighted by Gasteiger charge is -2.04. The first kappa shape index (κ1) is 14.9. The van der Waals surface area contributed by atoms with Crippen molar-refractivity contribution in [2.75, 3.05) is 0 Å². The molecule has 0 spiro atoms. The van der Waals surface area contributed by atoms with Crippen molar-refractivity contribution in [3.05, 3.63) is 83.0 Å². The first-order valence-corrected chi connectivity index (χ1v) is 7.63. The van der Waals surface area contributed by atoms with Gasteiger partial charge in [0.1, 0.15) is 0 Å². The maximum absolute atomic E-state index is 12.4. The molecule has 0 aliphatic heterocycles. The number of carboxylic acid groups (broad SMARTS) is 1. The molecule has 6 nitrogen and oxygen atoms in total. The van der Waals surface area contributed by atoms with Gasteiger partial charge in [0.05, 0.1) is 17.3 Å². The van der Waals surface area contributed by atoms with Gasteiger partial charge < -0.3 is 14.7 Å². The normalized spacial score (nSPS) is 10.9. The Bertz CT molecular complexity index is 1130. The summed E-state index contributed by atoms with van der Waals surface area (Å²) in [6.07, 6.45) is 3.21. The number of aromatic carboxylic acids is 1. The summed E-state index contributed by atoms with van der Waals surface area (Å²) in [4.78, 5) is 30.3. The lowest BCUT2D eigenvalue weighted by molar-refractivity contribution is 0.0697. The molecule has 4 rings (SSSR count). The highest BCUT2D eigenvalue weighted by molar-refractivity contribution is 5.94. The maximum atomic E-state index is 12.4. The van der Waals surface area contributed by atoms with Gasteiger partial charge in [-0.2, -0.15) is 0 Å². The predicted octanol–water partition coefficient (Wildman–Crippen LogP) is 3.08. The minimum absolute atomic E-state index is 0.203. The summed E-state index contributed by atoms with van der Waals surface area (Å²) in [5.41, 5.74) is 2.92. The molecule has 2 aromatic heterocycles. The lowest BCUT2D eigenvalue weighted by Crippen LogP contribution is -2.07. The first-order chi connectivity index (χ1) is 12.1. The highest BCUT2D eigenvalue weighted by Crippen LogP contribution is 2.29. The van der Waals surface area contributed by atoms with Crippen molar-refractivity contribution in [3.63, 3.8) is 0 Å². The smallest absolute Gasteiger partial charge is 0.335 e. The zero-order valence-electron chi connectivity index (χ0n) is 13.0. The van der Waals surface area contributed by atoms with Crippen LogP contribution in [0.5, 0.6) is 0 Å². The number of nitrogens with one attached hydrogen (secondary N) is 1. The number of carbonyl (C=O) groups is 1. The van der Waals surface area contributed by atoms with E-state index in [9.17, 15) is 9.59 Å². The Morgan fingerprint density at radius 2 is 1.76 bits per heavy atom. The molecule has 25 heavy (non-hydrogen) atoms. The summed E-state index contributed by atoms with van der Waals surface area (Å²) in [5, 5.41) is 9.54. The second kappa shape index (κ2) is 5.76. The average molecular weight is 331 g/mol. The van der Waals surface area contributed by atoms with E-state index in [0.717, 1.165) is 16.8 Å². The van der Waals surface area contributed by atoms with E-state index in [1.165, 1.54) is 18.5 Å². The molecule has 2 heterocycles. The van der Waals surface area contributed by atoms with Crippen LogP contribution in [0.4, 0.5) is 0 Å². The number of aromatic amines is 1. The fourth-order valence-corrected chi connectivity index (χ4v) is 2.87. The van der Waals surface area contributed by atoms with Crippen LogP contribution in [-0.4, -0.2) is 25.6 Å². The fraction of sp³-hybridized carbons (Fsp3) is 0. The molecule has 0 bridgehead atoms. The van der Waals surface area contributed by atoms with Gasteiger partial charge in [0.2, 0.25) is 0 Å². The van der Waals surface area contributed by atoms with E-state index in [2.05, 4.69) is 9.97 Å². The van der Waals surface area contributed by atoms with Gasteiger partial charge >= 0.3 is 5.97 Å². The minimum atomic E-state index is -0.983. The Labute approximate surface area is 142 Å². The van der Waals surface area contributed by atoms with Gasteiger partial charge in [-0.1, -0.05) is 30.3 Å². The summed E-state index contributed by atoms with van der Waals surface area (Å²) in [7, 11) is 0. The van der Waals surface area contributed by atoms with Gasteiger partial charge in [0, 0.05) is 17.4 Å². The summed E-state index contributed by atoms with van der Waals surface area (Å²) in [5.74, 6) is -0.983. The molecule has 0 amide bonds. The third-order valence-electron chi connectivity index (χ3n) is 4.07. The van der Waals surface area contributed by atoms with Crippen LogP contribution < -0.4 is 5.56 Å². The molecular formula is C19H13N3O3. The van der Waals surface area contributed by atoms with Crippen LogP contribution in [0.3, 0.4) is 0 Å². The van der Waals surface area contributed by atoms with Crippen LogP contribution in [0.2, 0.25) is 0 Å². The summed E-state index contributed by atoms with van der Waals surface area (Å²) in [6.45, 7) is 0. The molecule has 4 aromatic rings. The number of benzene rings is 2. The van der Waals surface area contributed by atoms with Crippen molar-refractivity contribution < 1.29 is 9.90 Å². The molecule has 6 heteroatoms. The predicted molar refractivity (Wildman–Crippen MR) is 94.1 cm³/mol. The number of aromatic nitrogens is 3. The van der Waals surface area contributed by atoms with Crippen LogP contribution in [0.15, 0.2) is 71.9 Å². The largest absolute Gasteiger partial charge is 0.478 e. The van der Waals surface area contributed by atoms with Crippen molar-refractivity contribution in [2.45, 2.75) is 0 Å². The number of hydrogen-bond acceptors (Lipinski definition) is 3. The van der Waals surface area contributed by atoms with E-state index in [4.69, 9.17) is 5.11 Å². The number of nitrogens with zero attached hydrogens (tertiary/aromatic N) is 2. The van der Waals surface area contributed by atoms with Crippen LogP contribution in [0, 0.1) is 0 Å². The summed E-state index contributed by atoms with van der Waals surface area (Å²) in [6, 6.07) is 16.0. The first-order valence-electron chi connectivity index (χ1n) is 7.63. The maximum Gasteiger partial charge on any atom is 0.335 e. The Hall–Kier alpha value is -3.67. The third kappa shape index (κ3) is 2.49. The number of H-pyrrole nitrogens is 1. The number of rotatable bonds is 3. The van der Waals surface area contributed by atoms with E-state index in [1.54, 1.807) is 16.7 Å². The molecule has 2 N–H and O–H groups in total. The lowest BCUT2D eigenvalue weighted by atomic mass is 10.1. The van der Waals surface area contributed by atoms with E-state index in [0.29, 0.717) is 11.0 Å². The van der Waals surface area contributed by atoms with E-state index >= 15 is 0 Å². The van der Waals surface area contributed by atoms with Crippen molar-refractivity contribution >= 4 is 17.0 Å². The molecule has 0 fully saturated rings. The quantitative estimate of drug-likeness (QED) is 0.604. The minimum Gasteiger partial charge on any atom is -0.478 e. The van der Waals surface area contributed by atoms with Gasteiger partial charge in [-0.15, -0.1) is 0 Å². The molecule has 0 atom stereocenters. The Morgan fingerprint density at radius 3 is 2.44 bits per heavy atom. The fourth-order valence-electron chi connectivity index (χ4n) is 2.87. The summed E-state index contributed by atoms with van der Waals surface area (Å²) < 4.78 is 1.79. The highest BCUT2D eigenvalue weighted by atomic mass is 16.4. The Balaban J connectivity index is 1.98. The molecule has 122 valence electrons. The standard InChI is InChI=1S/C19H13N3O3/c23-18-16-15(12-4-2-1-3-5-12)10-22(17(16)20-11-21-18)14-8-6-13(7-9-14)19(24)25/h1-11H,(H,24,25)(H,20,21,23). The van der Waals surface area contributed by atoms with Gasteiger partial charge in [0.15, 0.2) is 5.65 Å². The van der Waals surface area contributed by atoms with E-state index in [-0.39, 0.29) is 11.1 Å². The topological polar surface area (TPSA) is 88.0 Å². The number of carboxylic acids is 1. The molecule has 0 saturated heterocycles. The zero-order chi connectivity index (χ0) is 17.4. The Kier molecular flexibility index (Phi) is 3.43. The number of fused-ring (bicyclic) bond motifs is 1. The number of hydrogen-bond donors (Lipinski definition) is 2. The van der Waals surface area contributed by atoms with Crippen LogP contribution in [-0.2, 0) is 0 Å². The van der Waals surface area contributed by atoms with Crippen LogP contribution in [0.25, 0.3) is 27.8 Å². The molecular weight excluding hydrogens is 318 g/mol. The highest BCUT2D eigenvalue weighted by Gasteiger charge is 2.15. The zero-order valence-corrected chi connectivity index (χ0v) is 13.0. The Morgan fingerprint density at radius 1 is 1.04 bits per heavy atom. The second-order valence-corrected chi connectivity index (χ2v) is 5.56. The van der Waals surface area contributed by atoms with E-state index < -0.39 is 5.97 Å². The van der Waals surface area contributed by atoms with Crippen molar-refractivity contribution in [1.29, 1.82) is 0 Å². The SMILES string of the molecule is O=C(O)c1ccc(-n2cc(-c3ccccc3)c3c(=O)[nH]cnc32)cc1. The van der Waals surface area contributed by atoms with Crippen molar-refractivity contribution in [2.24, 2.45) is 0 Å². The van der Waals surface area contributed by atoms with Crippen molar-refractivity contribution in [3.8, 4) is 16.8 Å². The van der Waals surface area contributed by atoms with Crippen molar-refractivity contribution in [1.82, 2.24) is 14.5 Å². The van der Waals surface area contributed by atoms with E-state index in [1.807, 2.05) is 36.5 Å². The molecule has 0 aliphatic carbocycles. The average Bonchev–Trinajstić information content (AvgIpc) is 3.03. The molecule has 0 saturated carbocycles. The monoisotopic (exact) mass is 331 g/mol. The molecule has 0 aliphatic rings.